The SMILES string of the molecule is Cc1ncc(-c2cc(C(=O)Nc3ccc(OC(F)(F)F)cc3)ccc2N2CC[C@@H](C)C2)cn1. The lowest BCUT2D eigenvalue weighted by Crippen LogP contribution is -2.20. The number of benzene rings is 2. The van der Waals surface area contributed by atoms with Crippen LogP contribution in [0.2, 0.25) is 0 Å². The van der Waals surface area contributed by atoms with Crippen LogP contribution in [0.4, 0.5) is 24.5 Å². The van der Waals surface area contributed by atoms with E-state index in [1.807, 2.05) is 13.0 Å². The predicted molar refractivity (Wildman–Crippen MR) is 119 cm³/mol. The highest BCUT2D eigenvalue weighted by Gasteiger charge is 2.31. The molecule has 0 unspecified atom stereocenters. The molecule has 4 rings (SSSR count). The predicted octanol–water partition coefficient (Wildman–Crippen LogP) is 5.45. The highest BCUT2D eigenvalue weighted by molar-refractivity contribution is 6.05. The number of ether oxygens (including phenoxy) is 1. The number of rotatable bonds is 5. The van der Waals surface area contributed by atoms with E-state index in [0.717, 1.165) is 48.5 Å². The third-order valence-corrected chi connectivity index (χ3v) is 5.46. The molecule has 9 heteroatoms. The molecular formula is C24H23F3N4O2. The Morgan fingerprint density at radius 3 is 2.42 bits per heavy atom. The zero-order valence-electron chi connectivity index (χ0n) is 18.2. The molecule has 1 aliphatic rings. The maximum atomic E-state index is 12.9. The summed E-state index contributed by atoms with van der Waals surface area (Å²) in [6.07, 6.45) is -0.195. The number of hydrogen-bond acceptors (Lipinski definition) is 5. The first-order valence-corrected chi connectivity index (χ1v) is 10.5. The van der Waals surface area contributed by atoms with E-state index in [2.05, 4.69) is 31.8 Å². The third-order valence-electron chi connectivity index (χ3n) is 5.46. The van der Waals surface area contributed by atoms with Gasteiger partial charge in [-0.1, -0.05) is 6.92 Å². The molecule has 1 amide bonds. The van der Waals surface area contributed by atoms with E-state index in [0.29, 0.717) is 23.0 Å². The topological polar surface area (TPSA) is 67.3 Å². The molecule has 33 heavy (non-hydrogen) atoms. The second-order valence-electron chi connectivity index (χ2n) is 8.12. The molecule has 0 spiro atoms. The van der Waals surface area contributed by atoms with Crippen LogP contribution in [-0.2, 0) is 0 Å². The van der Waals surface area contributed by atoms with E-state index in [9.17, 15) is 18.0 Å². The lowest BCUT2D eigenvalue weighted by molar-refractivity contribution is -0.274. The number of nitrogens with zero attached hydrogens (tertiary/aromatic N) is 3. The van der Waals surface area contributed by atoms with Gasteiger partial charge in [0.2, 0.25) is 0 Å². The van der Waals surface area contributed by atoms with Crippen LogP contribution in [-0.4, -0.2) is 35.3 Å². The number of halogens is 3. The molecule has 0 bridgehead atoms. The van der Waals surface area contributed by atoms with E-state index >= 15 is 0 Å². The number of aromatic nitrogens is 2. The first-order chi connectivity index (χ1) is 15.7. The van der Waals surface area contributed by atoms with Crippen molar-refractivity contribution in [2.45, 2.75) is 26.6 Å². The second-order valence-corrected chi connectivity index (χ2v) is 8.12. The number of carbonyl (C=O) groups excluding carboxylic acids is 1. The molecule has 1 saturated heterocycles. The van der Waals surface area contributed by atoms with Crippen LogP contribution in [0.15, 0.2) is 54.9 Å². The summed E-state index contributed by atoms with van der Waals surface area (Å²) in [6, 6.07) is 10.5. The van der Waals surface area contributed by atoms with Gasteiger partial charge in [-0.2, -0.15) is 0 Å². The van der Waals surface area contributed by atoms with Crippen LogP contribution in [0.1, 0.15) is 29.5 Å². The van der Waals surface area contributed by atoms with E-state index in [4.69, 9.17) is 0 Å². The molecule has 172 valence electrons. The number of amides is 1. The van der Waals surface area contributed by atoms with Crippen molar-refractivity contribution in [2.24, 2.45) is 5.92 Å². The Morgan fingerprint density at radius 2 is 1.82 bits per heavy atom. The highest BCUT2D eigenvalue weighted by Crippen LogP contribution is 2.34. The summed E-state index contributed by atoms with van der Waals surface area (Å²) >= 11 is 0. The fourth-order valence-electron chi connectivity index (χ4n) is 3.81. The van der Waals surface area contributed by atoms with Crippen molar-refractivity contribution >= 4 is 17.3 Å². The van der Waals surface area contributed by atoms with Crippen molar-refractivity contribution in [1.29, 1.82) is 0 Å². The molecule has 2 aromatic carbocycles. The third kappa shape index (κ3) is 5.60. The summed E-state index contributed by atoms with van der Waals surface area (Å²) in [5, 5.41) is 2.71. The molecule has 0 radical (unpaired) electrons. The molecule has 1 N–H and O–H groups in total. The summed E-state index contributed by atoms with van der Waals surface area (Å²) in [5.41, 5.74) is 3.44. The summed E-state index contributed by atoms with van der Waals surface area (Å²) in [6.45, 7) is 5.87. The van der Waals surface area contributed by atoms with Gasteiger partial charge in [-0.05, 0) is 61.7 Å². The number of hydrogen-bond donors (Lipinski definition) is 1. The zero-order chi connectivity index (χ0) is 23.6. The lowest BCUT2D eigenvalue weighted by Gasteiger charge is -2.22. The number of nitrogens with one attached hydrogen (secondary N) is 1. The Morgan fingerprint density at radius 1 is 1.12 bits per heavy atom. The summed E-state index contributed by atoms with van der Waals surface area (Å²) in [5.74, 6) is 0.503. The molecule has 0 saturated carbocycles. The fraction of sp³-hybridized carbons (Fsp3) is 0.292. The van der Waals surface area contributed by atoms with Gasteiger partial charge in [0.15, 0.2) is 0 Å². The maximum absolute atomic E-state index is 12.9. The van der Waals surface area contributed by atoms with E-state index in [-0.39, 0.29) is 11.7 Å². The normalized spacial score (nSPS) is 16.0. The van der Waals surface area contributed by atoms with Crippen molar-refractivity contribution in [3.63, 3.8) is 0 Å². The minimum absolute atomic E-state index is 0.354. The van der Waals surface area contributed by atoms with Crippen molar-refractivity contribution in [1.82, 2.24) is 9.97 Å². The quantitative estimate of drug-likeness (QED) is 0.553. The first kappa shape index (κ1) is 22.6. The summed E-state index contributed by atoms with van der Waals surface area (Å²) in [7, 11) is 0. The largest absolute Gasteiger partial charge is 0.573 e. The van der Waals surface area contributed by atoms with Gasteiger partial charge in [-0.25, -0.2) is 9.97 Å². The minimum atomic E-state index is -4.77. The highest BCUT2D eigenvalue weighted by atomic mass is 19.4. The average Bonchev–Trinajstić information content (AvgIpc) is 3.20. The maximum Gasteiger partial charge on any atom is 0.573 e. The molecule has 1 atom stereocenters. The van der Waals surface area contributed by atoms with Crippen molar-refractivity contribution in [2.75, 3.05) is 23.3 Å². The van der Waals surface area contributed by atoms with Gasteiger partial charge in [0.25, 0.3) is 5.91 Å². The number of carbonyl (C=O) groups is 1. The van der Waals surface area contributed by atoms with Crippen LogP contribution in [0.5, 0.6) is 5.75 Å². The summed E-state index contributed by atoms with van der Waals surface area (Å²) < 4.78 is 40.9. The fourth-order valence-corrected chi connectivity index (χ4v) is 3.81. The van der Waals surface area contributed by atoms with Crippen LogP contribution in [0.25, 0.3) is 11.1 Å². The molecule has 3 aromatic rings. The van der Waals surface area contributed by atoms with Crippen LogP contribution in [0, 0.1) is 12.8 Å². The van der Waals surface area contributed by atoms with Gasteiger partial charge in [0.05, 0.1) is 0 Å². The van der Waals surface area contributed by atoms with E-state index in [1.165, 1.54) is 12.1 Å². The Kier molecular flexibility index (Phi) is 6.22. The van der Waals surface area contributed by atoms with Gasteiger partial charge in [0.1, 0.15) is 11.6 Å². The van der Waals surface area contributed by atoms with Crippen molar-refractivity contribution in [3.8, 4) is 16.9 Å². The van der Waals surface area contributed by atoms with Crippen LogP contribution < -0.4 is 15.0 Å². The molecular weight excluding hydrogens is 433 g/mol. The standard InChI is InChI=1S/C24H23F3N4O2/c1-15-9-10-31(14-15)22-8-3-17(11-21(22)18-12-28-16(2)29-13-18)23(32)30-19-4-6-20(7-5-19)33-24(25,26)27/h3-8,11-13,15H,9-10,14H2,1-2H3,(H,30,32)/t15-/m1/s1. The van der Waals surface area contributed by atoms with Gasteiger partial charge >= 0.3 is 6.36 Å². The minimum Gasteiger partial charge on any atom is -0.406 e. The van der Waals surface area contributed by atoms with E-state index in [1.54, 1.807) is 24.5 Å². The Bertz CT molecular complexity index is 1130. The first-order valence-electron chi connectivity index (χ1n) is 10.5. The molecule has 2 heterocycles. The van der Waals surface area contributed by atoms with Gasteiger partial charge < -0.3 is 15.0 Å². The smallest absolute Gasteiger partial charge is 0.406 e. The Balaban J connectivity index is 1.59. The van der Waals surface area contributed by atoms with Crippen molar-refractivity contribution < 1.29 is 22.7 Å². The van der Waals surface area contributed by atoms with E-state index < -0.39 is 6.36 Å². The second kappa shape index (κ2) is 9.09. The molecule has 1 aliphatic heterocycles. The van der Waals surface area contributed by atoms with Gasteiger partial charge in [-0.3, -0.25) is 4.79 Å². The lowest BCUT2D eigenvalue weighted by atomic mass is 10.0. The Labute approximate surface area is 189 Å². The van der Waals surface area contributed by atoms with Crippen LogP contribution >= 0.6 is 0 Å². The number of alkyl halides is 3. The number of aryl methyl sites for hydroxylation is 1. The molecule has 0 aliphatic carbocycles. The summed E-state index contributed by atoms with van der Waals surface area (Å²) in [4.78, 5) is 23.8. The monoisotopic (exact) mass is 456 g/mol. The molecule has 1 aromatic heterocycles. The Hall–Kier alpha value is -3.62. The molecule has 6 nitrogen and oxygen atoms in total. The van der Waals surface area contributed by atoms with Gasteiger partial charge in [-0.15, -0.1) is 13.2 Å². The molecule has 1 fully saturated rings. The zero-order valence-corrected chi connectivity index (χ0v) is 18.2. The van der Waals surface area contributed by atoms with Crippen LogP contribution in [0.3, 0.4) is 0 Å². The van der Waals surface area contributed by atoms with Gasteiger partial charge in [0, 0.05) is 53.5 Å². The number of anilines is 2. The average molecular weight is 456 g/mol. The van der Waals surface area contributed by atoms with Crippen molar-refractivity contribution in [3.05, 3.63) is 66.2 Å².